The average Bonchev–Trinajstić information content (AvgIpc) is 2.41. The molecular formula is C15H18ClN3. The zero-order valence-electron chi connectivity index (χ0n) is 11.5. The quantitative estimate of drug-likeness (QED) is 0.907. The van der Waals surface area contributed by atoms with Crippen LogP contribution in [0, 0.1) is 13.8 Å². The number of hydrogen-bond donors (Lipinski definition) is 1. The fourth-order valence-electron chi connectivity index (χ4n) is 1.90. The molecule has 1 aromatic heterocycles. The van der Waals surface area contributed by atoms with Crippen molar-refractivity contribution in [2.24, 2.45) is 0 Å². The van der Waals surface area contributed by atoms with Gasteiger partial charge in [-0.3, -0.25) is 0 Å². The van der Waals surface area contributed by atoms with Crippen molar-refractivity contribution in [1.82, 2.24) is 9.97 Å². The smallest absolute Gasteiger partial charge is 0.132 e. The molecule has 0 saturated heterocycles. The van der Waals surface area contributed by atoms with Crippen molar-refractivity contribution < 1.29 is 0 Å². The number of benzene rings is 1. The second-order valence-corrected chi connectivity index (χ2v) is 4.99. The number of hydrogen-bond acceptors (Lipinski definition) is 3. The van der Waals surface area contributed by atoms with Crippen LogP contribution in [0.1, 0.15) is 24.5 Å². The molecule has 0 atom stereocenters. The first-order valence-electron chi connectivity index (χ1n) is 6.45. The van der Waals surface area contributed by atoms with Gasteiger partial charge in [0.2, 0.25) is 0 Å². The number of nitrogens with zero attached hydrogens (tertiary/aromatic N) is 2. The number of rotatable bonds is 4. The summed E-state index contributed by atoms with van der Waals surface area (Å²) in [5, 5.41) is 4.08. The SMILES string of the molecule is CCCNc1ncnc(-c2ccc(C)c(Cl)c2)c1C. The molecule has 4 heteroatoms. The van der Waals surface area contributed by atoms with Gasteiger partial charge >= 0.3 is 0 Å². The highest BCUT2D eigenvalue weighted by atomic mass is 35.5. The van der Waals surface area contributed by atoms with Crippen molar-refractivity contribution in [1.29, 1.82) is 0 Å². The maximum absolute atomic E-state index is 6.18. The lowest BCUT2D eigenvalue weighted by Gasteiger charge is -2.11. The van der Waals surface area contributed by atoms with Gasteiger partial charge in [0.1, 0.15) is 12.1 Å². The molecule has 3 nitrogen and oxygen atoms in total. The normalized spacial score (nSPS) is 10.5. The number of halogens is 1. The number of aromatic nitrogens is 2. The summed E-state index contributed by atoms with van der Waals surface area (Å²) < 4.78 is 0. The van der Waals surface area contributed by atoms with Crippen LogP contribution in [0.4, 0.5) is 5.82 Å². The lowest BCUT2D eigenvalue weighted by Crippen LogP contribution is -2.05. The Morgan fingerprint density at radius 3 is 2.68 bits per heavy atom. The zero-order chi connectivity index (χ0) is 13.8. The van der Waals surface area contributed by atoms with Crippen molar-refractivity contribution in [2.75, 3.05) is 11.9 Å². The van der Waals surface area contributed by atoms with E-state index >= 15 is 0 Å². The molecule has 2 rings (SSSR count). The monoisotopic (exact) mass is 275 g/mol. The van der Waals surface area contributed by atoms with Crippen molar-refractivity contribution >= 4 is 17.4 Å². The third kappa shape index (κ3) is 3.04. The van der Waals surface area contributed by atoms with Gasteiger partial charge in [-0.1, -0.05) is 30.7 Å². The molecule has 0 bridgehead atoms. The van der Waals surface area contributed by atoms with Crippen molar-refractivity contribution in [3.8, 4) is 11.3 Å². The summed E-state index contributed by atoms with van der Waals surface area (Å²) in [6.07, 6.45) is 2.66. The molecule has 2 aromatic rings. The zero-order valence-corrected chi connectivity index (χ0v) is 12.3. The van der Waals surface area contributed by atoms with Crippen LogP contribution in [-0.2, 0) is 0 Å². The molecule has 0 aliphatic heterocycles. The minimum Gasteiger partial charge on any atom is -0.370 e. The van der Waals surface area contributed by atoms with Crippen LogP contribution in [0.2, 0.25) is 5.02 Å². The molecule has 19 heavy (non-hydrogen) atoms. The largest absolute Gasteiger partial charge is 0.370 e. The molecule has 0 aliphatic carbocycles. The molecule has 0 spiro atoms. The summed E-state index contributed by atoms with van der Waals surface area (Å²) in [6.45, 7) is 7.06. The lowest BCUT2D eigenvalue weighted by molar-refractivity contribution is 0.960. The van der Waals surface area contributed by atoms with E-state index < -0.39 is 0 Å². The minimum atomic E-state index is 0.763. The van der Waals surface area contributed by atoms with Gasteiger partial charge in [-0.15, -0.1) is 0 Å². The van der Waals surface area contributed by atoms with Crippen LogP contribution in [-0.4, -0.2) is 16.5 Å². The molecule has 0 radical (unpaired) electrons. The third-order valence-corrected chi connectivity index (χ3v) is 3.48. The maximum atomic E-state index is 6.18. The highest BCUT2D eigenvalue weighted by Crippen LogP contribution is 2.28. The molecule has 0 aliphatic rings. The van der Waals surface area contributed by atoms with E-state index in [-0.39, 0.29) is 0 Å². The van der Waals surface area contributed by atoms with Crippen LogP contribution in [0.15, 0.2) is 24.5 Å². The Hall–Kier alpha value is -1.61. The molecule has 1 aromatic carbocycles. The molecule has 1 N–H and O–H groups in total. The predicted octanol–water partition coefficient (Wildman–Crippen LogP) is 4.24. The summed E-state index contributed by atoms with van der Waals surface area (Å²) in [5.74, 6) is 0.892. The van der Waals surface area contributed by atoms with E-state index in [1.165, 1.54) is 0 Å². The van der Waals surface area contributed by atoms with Gasteiger partial charge in [0.25, 0.3) is 0 Å². The van der Waals surface area contributed by atoms with Crippen LogP contribution >= 0.6 is 11.6 Å². The van der Waals surface area contributed by atoms with Gasteiger partial charge in [-0.05, 0) is 31.9 Å². The Balaban J connectivity index is 2.41. The first-order chi connectivity index (χ1) is 9.13. The second kappa shape index (κ2) is 6.02. The summed E-state index contributed by atoms with van der Waals surface area (Å²) in [7, 11) is 0. The molecule has 100 valence electrons. The Kier molecular flexibility index (Phi) is 4.38. The van der Waals surface area contributed by atoms with E-state index in [0.29, 0.717) is 0 Å². The minimum absolute atomic E-state index is 0.763. The molecule has 0 amide bonds. The highest BCUT2D eigenvalue weighted by molar-refractivity contribution is 6.31. The first kappa shape index (κ1) is 13.8. The fourth-order valence-corrected chi connectivity index (χ4v) is 2.08. The Bertz CT molecular complexity index is 582. The fraction of sp³-hybridized carbons (Fsp3) is 0.333. The van der Waals surface area contributed by atoms with Crippen molar-refractivity contribution in [3.05, 3.63) is 40.7 Å². The summed E-state index contributed by atoms with van der Waals surface area (Å²) in [6, 6.07) is 6.01. The van der Waals surface area contributed by atoms with E-state index in [4.69, 9.17) is 11.6 Å². The van der Waals surface area contributed by atoms with Crippen LogP contribution < -0.4 is 5.32 Å². The van der Waals surface area contributed by atoms with E-state index in [1.54, 1.807) is 6.33 Å². The van der Waals surface area contributed by atoms with Gasteiger partial charge in [-0.2, -0.15) is 0 Å². The van der Waals surface area contributed by atoms with E-state index in [1.807, 2.05) is 32.0 Å². The van der Waals surface area contributed by atoms with Gasteiger partial charge in [0.15, 0.2) is 0 Å². The van der Waals surface area contributed by atoms with Gasteiger partial charge in [0, 0.05) is 22.7 Å². The van der Waals surface area contributed by atoms with Gasteiger partial charge in [0.05, 0.1) is 5.69 Å². The van der Waals surface area contributed by atoms with Gasteiger partial charge < -0.3 is 5.32 Å². The summed E-state index contributed by atoms with van der Waals surface area (Å²) in [4.78, 5) is 8.67. The molecule has 0 unspecified atom stereocenters. The first-order valence-corrected chi connectivity index (χ1v) is 6.83. The standard InChI is InChI=1S/C15H18ClN3/c1-4-7-17-15-11(3)14(18-9-19-15)12-6-5-10(2)13(16)8-12/h5-6,8-9H,4,7H2,1-3H3,(H,17,18,19). The summed E-state index contributed by atoms with van der Waals surface area (Å²) in [5.41, 5.74) is 4.07. The molecule has 0 saturated carbocycles. The number of nitrogens with one attached hydrogen (secondary N) is 1. The Morgan fingerprint density at radius 2 is 2.00 bits per heavy atom. The molecular weight excluding hydrogens is 258 g/mol. The lowest BCUT2D eigenvalue weighted by atomic mass is 10.1. The Labute approximate surface area is 119 Å². The average molecular weight is 276 g/mol. The molecule has 0 fully saturated rings. The topological polar surface area (TPSA) is 37.8 Å². The van der Waals surface area contributed by atoms with Crippen LogP contribution in [0.5, 0.6) is 0 Å². The second-order valence-electron chi connectivity index (χ2n) is 4.59. The van der Waals surface area contributed by atoms with E-state index in [9.17, 15) is 0 Å². The van der Waals surface area contributed by atoms with E-state index in [0.717, 1.165) is 46.2 Å². The van der Waals surface area contributed by atoms with E-state index in [2.05, 4.69) is 22.2 Å². The van der Waals surface area contributed by atoms with Crippen molar-refractivity contribution in [3.63, 3.8) is 0 Å². The highest BCUT2D eigenvalue weighted by Gasteiger charge is 2.09. The van der Waals surface area contributed by atoms with Crippen molar-refractivity contribution in [2.45, 2.75) is 27.2 Å². The maximum Gasteiger partial charge on any atom is 0.132 e. The van der Waals surface area contributed by atoms with Crippen LogP contribution in [0.3, 0.4) is 0 Å². The third-order valence-electron chi connectivity index (χ3n) is 3.07. The number of aryl methyl sites for hydroxylation is 1. The Morgan fingerprint density at radius 1 is 1.21 bits per heavy atom. The summed E-state index contributed by atoms with van der Waals surface area (Å²) >= 11 is 6.18. The van der Waals surface area contributed by atoms with Gasteiger partial charge in [-0.25, -0.2) is 9.97 Å². The molecule has 1 heterocycles. The number of anilines is 1. The predicted molar refractivity (Wildman–Crippen MR) is 80.7 cm³/mol. The van der Waals surface area contributed by atoms with Crippen LogP contribution in [0.25, 0.3) is 11.3 Å².